The zero-order valence-electron chi connectivity index (χ0n) is 12.2. The number of benzene rings is 2. The monoisotopic (exact) mass is 310 g/mol. The summed E-state index contributed by atoms with van der Waals surface area (Å²) in [6, 6.07) is 14.8. The molecule has 3 rings (SSSR count). The number of ether oxygens (including phenoxy) is 1. The van der Waals surface area contributed by atoms with Gasteiger partial charge in [0.25, 0.3) is 5.56 Å². The van der Waals surface area contributed by atoms with Crippen molar-refractivity contribution < 1.29 is 14.6 Å². The lowest BCUT2D eigenvalue weighted by Crippen LogP contribution is -2.17. The van der Waals surface area contributed by atoms with Crippen molar-refractivity contribution in [3.05, 3.63) is 75.8 Å². The van der Waals surface area contributed by atoms with Crippen LogP contribution in [0, 0.1) is 0 Å². The number of H-pyrrole nitrogens is 1. The van der Waals surface area contributed by atoms with E-state index in [-0.39, 0.29) is 12.4 Å². The fourth-order valence-corrected chi connectivity index (χ4v) is 2.33. The number of nitrogens with zero attached hydrogens (tertiary/aromatic N) is 1. The van der Waals surface area contributed by atoms with Gasteiger partial charge < -0.3 is 14.8 Å². The Balaban J connectivity index is 1.86. The van der Waals surface area contributed by atoms with Crippen LogP contribution in [-0.2, 0) is 18.0 Å². The first kappa shape index (κ1) is 14.9. The molecule has 0 fully saturated rings. The number of carboxylic acids is 1. The molecule has 2 N–H and O–H groups in total. The fourth-order valence-electron chi connectivity index (χ4n) is 2.33. The molecule has 0 aliphatic carbocycles. The predicted molar refractivity (Wildman–Crippen MR) is 84.3 cm³/mol. The second kappa shape index (κ2) is 6.41. The number of aromatic amines is 1. The quantitative estimate of drug-likeness (QED) is 0.754. The Morgan fingerprint density at radius 3 is 2.61 bits per heavy atom. The molecular formula is C17H14N2O4. The van der Waals surface area contributed by atoms with Gasteiger partial charge in [-0.1, -0.05) is 42.5 Å². The summed E-state index contributed by atoms with van der Waals surface area (Å²) in [6.07, 6.45) is 0. The normalized spacial score (nSPS) is 10.8. The van der Waals surface area contributed by atoms with Crippen molar-refractivity contribution in [1.29, 1.82) is 0 Å². The molecule has 23 heavy (non-hydrogen) atoms. The number of carbonyl (C=O) groups is 1. The van der Waals surface area contributed by atoms with Crippen molar-refractivity contribution in [3.8, 4) is 0 Å². The number of hydrogen-bond donors (Lipinski definition) is 2. The molecule has 0 saturated carbocycles. The molecular weight excluding hydrogens is 296 g/mol. The first-order chi connectivity index (χ1) is 11.1. The van der Waals surface area contributed by atoms with Crippen molar-refractivity contribution in [1.82, 2.24) is 9.97 Å². The summed E-state index contributed by atoms with van der Waals surface area (Å²) in [5.41, 5.74) is 1.57. The van der Waals surface area contributed by atoms with Gasteiger partial charge in [0.1, 0.15) is 0 Å². The van der Waals surface area contributed by atoms with E-state index in [4.69, 9.17) is 9.84 Å². The number of nitrogens with one attached hydrogen (secondary N) is 1. The van der Waals surface area contributed by atoms with Crippen LogP contribution in [0.3, 0.4) is 0 Å². The second-order valence-corrected chi connectivity index (χ2v) is 5.01. The molecule has 0 atom stereocenters. The van der Waals surface area contributed by atoms with E-state index in [0.717, 1.165) is 5.56 Å². The number of aromatic nitrogens is 2. The number of carboxylic acid groups (broad SMARTS) is 1. The van der Waals surface area contributed by atoms with E-state index in [1.54, 1.807) is 18.2 Å². The summed E-state index contributed by atoms with van der Waals surface area (Å²) < 4.78 is 5.65. The summed E-state index contributed by atoms with van der Waals surface area (Å²) in [6.45, 7) is 0.666. The van der Waals surface area contributed by atoms with E-state index in [9.17, 15) is 9.59 Å². The van der Waals surface area contributed by atoms with Crippen LogP contribution < -0.4 is 5.56 Å². The van der Waals surface area contributed by atoms with Gasteiger partial charge in [-0.3, -0.25) is 4.79 Å². The van der Waals surface area contributed by atoms with Crippen LogP contribution in [0.25, 0.3) is 10.9 Å². The smallest absolute Gasteiger partial charge is 0.372 e. The summed E-state index contributed by atoms with van der Waals surface area (Å²) >= 11 is 0. The third kappa shape index (κ3) is 3.27. The summed E-state index contributed by atoms with van der Waals surface area (Å²) in [5, 5.41) is 9.30. The van der Waals surface area contributed by atoms with E-state index in [2.05, 4.69) is 9.97 Å². The Hall–Kier alpha value is -2.99. The van der Waals surface area contributed by atoms with Gasteiger partial charge in [-0.25, -0.2) is 9.78 Å². The molecule has 3 aromatic rings. The molecule has 6 nitrogen and oxygen atoms in total. The van der Waals surface area contributed by atoms with Crippen molar-refractivity contribution in [3.63, 3.8) is 0 Å². The molecule has 0 radical (unpaired) electrons. The van der Waals surface area contributed by atoms with E-state index in [1.807, 2.05) is 30.3 Å². The molecule has 0 saturated heterocycles. The molecule has 0 unspecified atom stereocenters. The molecule has 0 bridgehead atoms. The Bertz CT molecular complexity index is 903. The zero-order chi connectivity index (χ0) is 16.2. The molecule has 1 aromatic heterocycles. The largest absolute Gasteiger partial charge is 0.475 e. The molecule has 0 aliphatic heterocycles. The van der Waals surface area contributed by atoms with Gasteiger partial charge in [0, 0.05) is 0 Å². The molecule has 0 aliphatic rings. The van der Waals surface area contributed by atoms with Crippen molar-refractivity contribution in [2.75, 3.05) is 0 Å². The number of fused-ring (bicyclic) bond motifs is 1. The van der Waals surface area contributed by atoms with E-state index >= 15 is 0 Å². The SMILES string of the molecule is O=C(O)c1nc2cccc(COCc3ccccc3)c2c(=O)[nH]1. The number of aromatic carboxylic acids is 1. The van der Waals surface area contributed by atoms with Crippen LogP contribution >= 0.6 is 0 Å². The third-order valence-electron chi connectivity index (χ3n) is 3.39. The Kier molecular flexibility index (Phi) is 4.16. The van der Waals surface area contributed by atoms with Crippen LogP contribution in [0.4, 0.5) is 0 Å². The average molecular weight is 310 g/mol. The van der Waals surface area contributed by atoms with Crippen LogP contribution in [0.5, 0.6) is 0 Å². The predicted octanol–water partition coefficient (Wildman–Crippen LogP) is 2.34. The Labute approximate surface area is 131 Å². The second-order valence-electron chi connectivity index (χ2n) is 5.01. The highest BCUT2D eigenvalue weighted by atomic mass is 16.5. The van der Waals surface area contributed by atoms with Gasteiger partial charge >= 0.3 is 5.97 Å². The molecule has 1 heterocycles. The first-order valence-electron chi connectivity index (χ1n) is 7.02. The lowest BCUT2D eigenvalue weighted by atomic mass is 10.1. The van der Waals surface area contributed by atoms with Gasteiger partial charge in [-0.2, -0.15) is 0 Å². The van der Waals surface area contributed by atoms with Gasteiger partial charge in [0.15, 0.2) is 0 Å². The van der Waals surface area contributed by atoms with Crippen LogP contribution in [0.15, 0.2) is 53.3 Å². The lowest BCUT2D eigenvalue weighted by Gasteiger charge is -2.07. The van der Waals surface area contributed by atoms with Crippen LogP contribution in [0.1, 0.15) is 21.7 Å². The maximum atomic E-state index is 12.1. The number of hydrogen-bond acceptors (Lipinski definition) is 4. The van der Waals surface area contributed by atoms with Crippen LogP contribution in [0.2, 0.25) is 0 Å². The van der Waals surface area contributed by atoms with Crippen LogP contribution in [-0.4, -0.2) is 21.0 Å². The van der Waals surface area contributed by atoms with E-state index in [1.165, 1.54) is 0 Å². The highest BCUT2D eigenvalue weighted by Gasteiger charge is 2.12. The van der Waals surface area contributed by atoms with Crippen molar-refractivity contribution >= 4 is 16.9 Å². The summed E-state index contributed by atoms with van der Waals surface area (Å²) in [4.78, 5) is 29.3. The zero-order valence-corrected chi connectivity index (χ0v) is 12.2. The minimum atomic E-state index is -1.27. The number of rotatable bonds is 5. The minimum absolute atomic E-state index is 0.239. The standard InChI is InChI=1S/C17H14N2O4/c20-16-14-12(10-23-9-11-5-2-1-3-6-11)7-4-8-13(14)18-15(19-16)17(21)22/h1-8H,9-10H2,(H,21,22)(H,18,19,20). The minimum Gasteiger partial charge on any atom is -0.475 e. The maximum Gasteiger partial charge on any atom is 0.372 e. The lowest BCUT2D eigenvalue weighted by molar-refractivity contribution is 0.0683. The third-order valence-corrected chi connectivity index (χ3v) is 3.39. The van der Waals surface area contributed by atoms with Gasteiger partial charge in [0.05, 0.1) is 24.1 Å². The average Bonchev–Trinajstić information content (AvgIpc) is 2.55. The first-order valence-corrected chi connectivity index (χ1v) is 7.02. The molecule has 116 valence electrons. The summed E-state index contributed by atoms with van der Waals surface area (Å²) in [5.74, 6) is -1.64. The topological polar surface area (TPSA) is 92.3 Å². The summed E-state index contributed by atoms with van der Waals surface area (Å²) in [7, 11) is 0. The van der Waals surface area contributed by atoms with Gasteiger partial charge in [-0.05, 0) is 17.2 Å². The van der Waals surface area contributed by atoms with Gasteiger partial charge in [0.2, 0.25) is 5.82 Å². The maximum absolute atomic E-state index is 12.1. The molecule has 0 spiro atoms. The Morgan fingerprint density at radius 2 is 1.87 bits per heavy atom. The van der Waals surface area contributed by atoms with E-state index in [0.29, 0.717) is 23.1 Å². The fraction of sp³-hybridized carbons (Fsp3) is 0.118. The highest BCUT2D eigenvalue weighted by Crippen LogP contribution is 2.15. The molecule has 0 amide bonds. The van der Waals surface area contributed by atoms with Gasteiger partial charge in [-0.15, -0.1) is 0 Å². The molecule has 6 heteroatoms. The molecule has 2 aromatic carbocycles. The Morgan fingerprint density at radius 1 is 1.09 bits per heavy atom. The van der Waals surface area contributed by atoms with Crippen molar-refractivity contribution in [2.45, 2.75) is 13.2 Å². The highest BCUT2D eigenvalue weighted by molar-refractivity contribution is 5.88. The van der Waals surface area contributed by atoms with Crippen molar-refractivity contribution in [2.24, 2.45) is 0 Å². The van der Waals surface area contributed by atoms with E-state index < -0.39 is 11.5 Å².